The molecule has 3 nitrogen and oxygen atoms in total. The van der Waals surface area contributed by atoms with Crippen molar-refractivity contribution in [2.24, 2.45) is 5.92 Å². The Morgan fingerprint density at radius 3 is 2.50 bits per heavy atom. The Hall–Kier alpha value is -1.04. The summed E-state index contributed by atoms with van der Waals surface area (Å²) in [6, 6.07) is 2.17. The van der Waals surface area contributed by atoms with Gasteiger partial charge in [-0.2, -0.15) is 5.26 Å². The molecule has 0 bridgehead atoms. The van der Waals surface area contributed by atoms with Crippen LogP contribution >= 0.6 is 0 Å². The van der Waals surface area contributed by atoms with Crippen LogP contribution in [-0.2, 0) is 4.79 Å². The van der Waals surface area contributed by atoms with Gasteiger partial charge in [-0.15, -0.1) is 0 Å². The van der Waals surface area contributed by atoms with Crippen molar-refractivity contribution >= 4 is 5.91 Å². The number of hydrogen-bond donors (Lipinski definition) is 1. The van der Waals surface area contributed by atoms with Crippen molar-refractivity contribution in [3.63, 3.8) is 0 Å². The Morgan fingerprint density at radius 1 is 1.38 bits per heavy atom. The van der Waals surface area contributed by atoms with Crippen LogP contribution < -0.4 is 5.32 Å². The second-order valence-corrected chi connectivity index (χ2v) is 4.66. The molecule has 1 unspecified atom stereocenters. The van der Waals surface area contributed by atoms with Crippen LogP contribution in [0.4, 0.5) is 0 Å². The molecule has 1 atom stereocenters. The SMILES string of the molecule is CCC(CC#N)NC(=O)C1CCCCCC1. The van der Waals surface area contributed by atoms with Gasteiger partial charge in [0.1, 0.15) is 0 Å². The normalized spacial score (nSPS) is 19.5. The molecule has 0 aromatic heterocycles. The number of nitrogens with zero attached hydrogens (tertiary/aromatic N) is 1. The topological polar surface area (TPSA) is 52.9 Å². The molecular weight excluding hydrogens is 200 g/mol. The van der Waals surface area contributed by atoms with Crippen molar-refractivity contribution in [2.45, 2.75) is 64.3 Å². The first kappa shape index (κ1) is 13.0. The fraction of sp³-hybridized carbons (Fsp3) is 0.846. The Kier molecular flexibility index (Phi) is 5.92. The maximum absolute atomic E-state index is 12.0. The number of carbonyl (C=O) groups excluding carboxylic acids is 1. The van der Waals surface area contributed by atoms with Gasteiger partial charge in [0.25, 0.3) is 0 Å². The second-order valence-electron chi connectivity index (χ2n) is 4.66. The highest BCUT2D eigenvalue weighted by atomic mass is 16.1. The summed E-state index contributed by atoms with van der Waals surface area (Å²) in [5.74, 6) is 0.360. The van der Waals surface area contributed by atoms with E-state index in [4.69, 9.17) is 5.26 Å². The molecule has 1 amide bonds. The first-order valence-corrected chi connectivity index (χ1v) is 6.45. The molecule has 1 aliphatic rings. The van der Waals surface area contributed by atoms with Crippen molar-refractivity contribution < 1.29 is 4.79 Å². The molecule has 0 aliphatic heterocycles. The quantitative estimate of drug-likeness (QED) is 0.744. The van der Waals surface area contributed by atoms with Gasteiger partial charge in [-0.25, -0.2) is 0 Å². The van der Waals surface area contributed by atoms with Gasteiger partial charge in [0, 0.05) is 12.0 Å². The van der Waals surface area contributed by atoms with Crippen LogP contribution in [0.5, 0.6) is 0 Å². The molecule has 1 aliphatic carbocycles. The van der Waals surface area contributed by atoms with Crippen molar-refractivity contribution in [3.05, 3.63) is 0 Å². The molecule has 0 aromatic rings. The number of hydrogen-bond acceptors (Lipinski definition) is 2. The van der Waals surface area contributed by atoms with Gasteiger partial charge in [0.15, 0.2) is 0 Å². The zero-order valence-electron chi connectivity index (χ0n) is 10.2. The summed E-state index contributed by atoms with van der Waals surface area (Å²) in [5, 5.41) is 11.6. The third-order valence-electron chi connectivity index (χ3n) is 3.40. The van der Waals surface area contributed by atoms with Crippen LogP contribution in [0.1, 0.15) is 58.3 Å². The van der Waals surface area contributed by atoms with Crippen LogP contribution in [0, 0.1) is 17.2 Å². The standard InChI is InChI=1S/C13H22N2O/c1-2-12(9-10-14)15-13(16)11-7-5-3-4-6-8-11/h11-12H,2-9H2,1H3,(H,15,16). The molecule has 1 N–H and O–H groups in total. The third kappa shape index (κ3) is 4.22. The van der Waals surface area contributed by atoms with Gasteiger partial charge in [-0.3, -0.25) is 4.79 Å². The minimum Gasteiger partial charge on any atom is -0.352 e. The largest absolute Gasteiger partial charge is 0.352 e. The monoisotopic (exact) mass is 222 g/mol. The lowest BCUT2D eigenvalue weighted by Gasteiger charge is -2.19. The summed E-state index contributed by atoms with van der Waals surface area (Å²) in [6.45, 7) is 2.01. The summed E-state index contributed by atoms with van der Waals surface area (Å²) < 4.78 is 0. The van der Waals surface area contributed by atoms with Crippen LogP contribution in [0.25, 0.3) is 0 Å². The highest BCUT2D eigenvalue weighted by Gasteiger charge is 2.21. The molecule has 0 spiro atoms. The summed E-state index contributed by atoms with van der Waals surface area (Å²) in [7, 11) is 0. The second kappa shape index (κ2) is 7.27. The molecule has 1 rings (SSSR count). The molecule has 1 fully saturated rings. The maximum Gasteiger partial charge on any atom is 0.223 e. The molecule has 90 valence electrons. The van der Waals surface area contributed by atoms with Gasteiger partial charge in [0.05, 0.1) is 12.5 Å². The van der Waals surface area contributed by atoms with Crippen LogP contribution in [-0.4, -0.2) is 11.9 Å². The van der Waals surface area contributed by atoms with Crippen LogP contribution in [0.3, 0.4) is 0 Å². The van der Waals surface area contributed by atoms with E-state index >= 15 is 0 Å². The van der Waals surface area contributed by atoms with E-state index < -0.39 is 0 Å². The Balaban J connectivity index is 2.40. The third-order valence-corrected chi connectivity index (χ3v) is 3.40. The molecule has 0 saturated heterocycles. The van der Waals surface area contributed by atoms with Gasteiger partial charge in [0.2, 0.25) is 5.91 Å². The molecule has 1 saturated carbocycles. The number of rotatable bonds is 4. The van der Waals surface area contributed by atoms with E-state index in [-0.39, 0.29) is 17.9 Å². The number of amides is 1. The van der Waals surface area contributed by atoms with Crippen molar-refractivity contribution in [2.75, 3.05) is 0 Å². The zero-order chi connectivity index (χ0) is 11.8. The highest BCUT2D eigenvalue weighted by molar-refractivity contribution is 5.78. The predicted octanol–water partition coefficient (Wildman–Crippen LogP) is 2.77. The summed E-state index contributed by atoms with van der Waals surface area (Å²) in [4.78, 5) is 12.0. The Labute approximate surface area is 98.2 Å². The molecule has 16 heavy (non-hydrogen) atoms. The van der Waals surface area contributed by atoms with Gasteiger partial charge < -0.3 is 5.32 Å². The maximum atomic E-state index is 12.0. The smallest absolute Gasteiger partial charge is 0.223 e. The lowest BCUT2D eigenvalue weighted by atomic mass is 9.98. The van der Waals surface area contributed by atoms with E-state index in [1.54, 1.807) is 0 Å². The van der Waals surface area contributed by atoms with Gasteiger partial charge in [-0.05, 0) is 19.3 Å². The van der Waals surface area contributed by atoms with Crippen LogP contribution in [0.15, 0.2) is 0 Å². The van der Waals surface area contributed by atoms with E-state index in [1.807, 2.05) is 6.92 Å². The van der Waals surface area contributed by atoms with Gasteiger partial charge >= 0.3 is 0 Å². The van der Waals surface area contributed by atoms with Crippen LogP contribution in [0.2, 0.25) is 0 Å². The minimum absolute atomic E-state index is 0.0424. The van der Waals surface area contributed by atoms with E-state index in [0.717, 1.165) is 19.3 Å². The first-order chi connectivity index (χ1) is 7.77. The van der Waals surface area contributed by atoms with E-state index in [1.165, 1.54) is 25.7 Å². The molecule has 0 radical (unpaired) electrons. The molecule has 0 heterocycles. The molecular formula is C13H22N2O. The lowest BCUT2D eigenvalue weighted by Crippen LogP contribution is -2.38. The molecule has 3 heteroatoms. The van der Waals surface area contributed by atoms with E-state index in [9.17, 15) is 4.79 Å². The fourth-order valence-electron chi connectivity index (χ4n) is 2.27. The summed E-state index contributed by atoms with van der Waals surface area (Å²) >= 11 is 0. The molecule has 0 aromatic carbocycles. The Bertz CT molecular complexity index is 249. The fourth-order valence-corrected chi connectivity index (χ4v) is 2.27. The van der Waals surface area contributed by atoms with Crippen molar-refractivity contribution in [1.29, 1.82) is 5.26 Å². The lowest BCUT2D eigenvalue weighted by molar-refractivity contribution is -0.126. The number of carbonyl (C=O) groups is 1. The zero-order valence-corrected chi connectivity index (χ0v) is 10.2. The van der Waals surface area contributed by atoms with Crippen molar-refractivity contribution in [1.82, 2.24) is 5.32 Å². The average molecular weight is 222 g/mol. The minimum atomic E-state index is 0.0424. The highest BCUT2D eigenvalue weighted by Crippen LogP contribution is 2.23. The summed E-state index contributed by atoms with van der Waals surface area (Å²) in [6.07, 6.45) is 8.18. The first-order valence-electron chi connectivity index (χ1n) is 6.45. The number of nitrogens with one attached hydrogen (secondary N) is 1. The average Bonchev–Trinajstić information content (AvgIpc) is 2.56. The Morgan fingerprint density at radius 2 is 2.00 bits per heavy atom. The van der Waals surface area contributed by atoms with Gasteiger partial charge in [-0.1, -0.05) is 32.6 Å². The van der Waals surface area contributed by atoms with E-state index in [0.29, 0.717) is 6.42 Å². The van der Waals surface area contributed by atoms with E-state index in [2.05, 4.69) is 11.4 Å². The summed E-state index contributed by atoms with van der Waals surface area (Å²) in [5.41, 5.74) is 0. The van der Waals surface area contributed by atoms with Crippen molar-refractivity contribution in [3.8, 4) is 6.07 Å². The predicted molar refractivity (Wildman–Crippen MR) is 63.6 cm³/mol. The number of nitriles is 1.